The first-order valence-corrected chi connectivity index (χ1v) is 15.9. The Balaban J connectivity index is 0.0000110. The van der Waals surface area contributed by atoms with Crippen molar-refractivity contribution < 1.29 is 38.5 Å². The molecule has 0 fully saturated rings. The lowest BCUT2D eigenvalue weighted by atomic mass is 9.85. The molecule has 2 aliphatic rings. The first-order chi connectivity index (χ1) is 21.8. The highest BCUT2D eigenvalue weighted by atomic mass is 35.5. The molecule has 0 aromatic carbocycles. The minimum absolute atomic E-state index is 0. The molecule has 7 N–H and O–H groups in total. The van der Waals surface area contributed by atoms with Gasteiger partial charge in [0.1, 0.15) is 6.10 Å². The first kappa shape index (κ1) is 41.7. The average molecular weight is 681 g/mol. The zero-order valence-corrected chi connectivity index (χ0v) is 29.2. The summed E-state index contributed by atoms with van der Waals surface area (Å²) in [6, 6.07) is 0. The van der Waals surface area contributed by atoms with Gasteiger partial charge in [-0.25, -0.2) is 4.79 Å². The Morgan fingerprint density at radius 2 is 1.77 bits per heavy atom. The average Bonchev–Trinajstić information content (AvgIpc) is 3.01. The summed E-state index contributed by atoms with van der Waals surface area (Å²) < 4.78 is 16.7. The summed E-state index contributed by atoms with van der Waals surface area (Å²) in [5.41, 5.74) is 12.2. The maximum atomic E-state index is 13.8. The molecule has 0 radical (unpaired) electrons. The Morgan fingerprint density at radius 3 is 2.38 bits per heavy atom. The lowest BCUT2D eigenvalue weighted by molar-refractivity contribution is -0.120. The molecule has 0 aromatic heterocycles. The summed E-state index contributed by atoms with van der Waals surface area (Å²) in [5, 5.41) is 17.1. The number of ketones is 2. The Bertz CT molecular complexity index is 1260. The molecule has 264 valence electrons. The maximum absolute atomic E-state index is 13.8. The fraction of sp³-hybridized carbons (Fsp3) is 0.588. The van der Waals surface area contributed by atoms with Crippen molar-refractivity contribution in [1.82, 2.24) is 10.6 Å². The summed E-state index contributed by atoms with van der Waals surface area (Å²) in [5.74, 6) is -2.04. The van der Waals surface area contributed by atoms with E-state index < -0.39 is 53.9 Å². The van der Waals surface area contributed by atoms with Crippen LogP contribution in [-0.4, -0.2) is 80.4 Å². The van der Waals surface area contributed by atoms with E-state index in [4.69, 9.17) is 25.7 Å². The Kier molecular flexibility index (Phi) is 18.5. The van der Waals surface area contributed by atoms with E-state index in [1.165, 1.54) is 20.3 Å². The van der Waals surface area contributed by atoms with Gasteiger partial charge in [-0.2, -0.15) is 0 Å². The lowest BCUT2D eigenvalue weighted by Crippen LogP contribution is -2.38. The van der Waals surface area contributed by atoms with E-state index in [1.54, 1.807) is 32.1 Å². The molecular formula is C34H53ClN4O8. The number of rotatable bonds is 10. The Labute approximate surface area is 284 Å². The molecule has 0 saturated carbocycles. The van der Waals surface area contributed by atoms with Crippen LogP contribution in [0.1, 0.15) is 66.2 Å². The topological polar surface area (TPSA) is 192 Å². The largest absolute Gasteiger partial charge is 0.439 e. The van der Waals surface area contributed by atoms with Crippen molar-refractivity contribution in [3.05, 3.63) is 58.5 Å². The van der Waals surface area contributed by atoms with Crippen molar-refractivity contribution in [2.75, 3.05) is 27.3 Å². The number of carbonyl (C=O) groups is 4. The highest BCUT2D eigenvalue weighted by molar-refractivity contribution is 6.23. The molecule has 2 rings (SSSR count). The zero-order valence-electron chi connectivity index (χ0n) is 28.4. The molecule has 13 heteroatoms. The third kappa shape index (κ3) is 12.7. The van der Waals surface area contributed by atoms with Gasteiger partial charge in [-0.1, -0.05) is 51.0 Å². The van der Waals surface area contributed by atoms with Crippen LogP contribution in [0, 0.1) is 11.8 Å². The summed E-state index contributed by atoms with van der Waals surface area (Å²) in [6.45, 7) is 8.17. The van der Waals surface area contributed by atoms with Crippen LogP contribution < -0.4 is 22.1 Å². The minimum atomic E-state index is -0.997. The number of Topliss-reactive ketones (excluding diaryl/α,β-unsaturated/α-hetero) is 1. The first-order valence-electron chi connectivity index (χ1n) is 15.9. The van der Waals surface area contributed by atoms with E-state index in [0.717, 1.165) is 31.8 Å². The van der Waals surface area contributed by atoms with E-state index in [1.807, 2.05) is 13.8 Å². The van der Waals surface area contributed by atoms with Gasteiger partial charge in [0.15, 0.2) is 6.10 Å². The maximum Gasteiger partial charge on any atom is 0.405 e. The smallest absolute Gasteiger partial charge is 0.405 e. The second kappa shape index (κ2) is 20.8. The van der Waals surface area contributed by atoms with Crippen molar-refractivity contribution in [3.8, 4) is 0 Å². The van der Waals surface area contributed by atoms with Gasteiger partial charge in [0, 0.05) is 43.9 Å². The molecule has 0 aromatic rings. The number of primary amides is 1. The predicted octanol–water partition coefficient (Wildman–Crippen LogP) is 3.29. The SMILES string of the molecule is CO[C@H]1/C=C\C=C(/C)C(=O)NC2=CC(=O)C(NCCCCCCN)=C(C[C@@H](C)C[C@H](OC)[C@H](O)[C@@H](C)/C=C(\C)[C@@H]1OC(N)=O)C2=O.Cl. The number of hydrogen-bond acceptors (Lipinski definition) is 10. The van der Waals surface area contributed by atoms with Crippen LogP contribution in [0.4, 0.5) is 4.79 Å². The summed E-state index contributed by atoms with van der Waals surface area (Å²) in [7, 11) is 2.94. The number of hydrogen-bond donors (Lipinski definition) is 5. The molecule has 1 heterocycles. The number of ether oxygens (including phenoxy) is 3. The second-order valence-electron chi connectivity index (χ2n) is 12.1. The monoisotopic (exact) mass is 680 g/mol. The van der Waals surface area contributed by atoms with Crippen LogP contribution >= 0.6 is 12.4 Å². The van der Waals surface area contributed by atoms with E-state index in [0.29, 0.717) is 25.1 Å². The van der Waals surface area contributed by atoms with Gasteiger partial charge in [-0.15, -0.1) is 12.4 Å². The van der Waals surface area contributed by atoms with Crippen LogP contribution in [0.5, 0.6) is 0 Å². The number of nitrogens with one attached hydrogen (secondary N) is 2. The number of amides is 2. The third-order valence-electron chi connectivity index (χ3n) is 8.23. The van der Waals surface area contributed by atoms with Crippen LogP contribution in [0.15, 0.2) is 58.5 Å². The quantitative estimate of drug-likeness (QED) is 0.130. The van der Waals surface area contributed by atoms with E-state index in [9.17, 15) is 24.3 Å². The van der Waals surface area contributed by atoms with Crippen molar-refractivity contribution in [3.63, 3.8) is 0 Å². The van der Waals surface area contributed by atoms with E-state index in [2.05, 4.69) is 10.6 Å². The van der Waals surface area contributed by atoms with Crippen LogP contribution in [0.3, 0.4) is 0 Å². The molecule has 0 unspecified atom stereocenters. The van der Waals surface area contributed by atoms with Crippen LogP contribution in [-0.2, 0) is 28.6 Å². The van der Waals surface area contributed by atoms with Gasteiger partial charge in [0.05, 0.1) is 23.6 Å². The van der Waals surface area contributed by atoms with Crippen LogP contribution in [0.2, 0.25) is 0 Å². The fourth-order valence-electron chi connectivity index (χ4n) is 5.61. The van der Waals surface area contributed by atoms with Gasteiger partial charge in [-0.3, -0.25) is 14.4 Å². The van der Waals surface area contributed by atoms with Gasteiger partial charge >= 0.3 is 6.09 Å². The molecule has 12 nitrogen and oxygen atoms in total. The Hall–Kier alpha value is -3.29. The van der Waals surface area contributed by atoms with E-state index >= 15 is 0 Å². The van der Waals surface area contributed by atoms with Gasteiger partial charge in [0.25, 0.3) is 5.91 Å². The standard InChI is InChI=1S/C34H52N4O8.ClH/c1-20-16-24-29(37-15-10-8-7-9-14-35)26(39)19-25(31(24)41)38-33(42)21(2)12-11-13-27(44-5)32(46-34(36)43)23(4)18-22(3)30(40)28(17-20)45-6;/h11-13,18-20,22,27-28,30,32,37,40H,7-10,14-17,35H2,1-6H3,(H2,36,43)(H,38,42);1H/b13-11-,21-12+,23-18+;/t20-,22+,27+,28+,30-,32+;/m1./s1. The zero-order chi connectivity index (χ0) is 34.4. The molecule has 2 bridgehead atoms. The number of allylic oxidation sites excluding steroid dienone is 4. The number of aliphatic hydroxyl groups excluding tert-OH is 1. The van der Waals surface area contributed by atoms with Crippen molar-refractivity contribution >= 4 is 36.0 Å². The minimum Gasteiger partial charge on any atom is -0.439 e. The molecule has 6 atom stereocenters. The second-order valence-corrected chi connectivity index (χ2v) is 12.1. The molecule has 0 saturated heterocycles. The number of aliphatic hydroxyl groups is 1. The Morgan fingerprint density at radius 1 is 1.09 bits per heavy atom. The number of unbranched alkanes of at least 4 members (excludes halogenated alkanes) is 3. The molecule has 1 aliphatic heterocycles. The molecule has 2 amide bonds. The summed E-state index contributed by atoms with van der Waals surface area (Å²) in [6.07, 6.45) is 7.54. The van der Waals surface area contributed by atoms with Gasteiger partial charge in [0.2, 0.25) is 11.6 Å². The lowest BCUT2D eigenvalue weighted by Gasteiger charge is -2.30. The number of nitrogens with two attached hydrogens (primary N) is 2. The fourth-order valence-corrected chi connectivity index (χ4v) is 5.61. The van der Waals surface area contributed by atoms with Crippen molar-refractivity contribution in [2.45, 2.75) is 90.6 Å². The highest BCUT2D eigenvalue weighted by Crippen LogP contribution is 2.29. The van der Waals surface area contributed by atoms with Crippen molar-refractivity contribution in [1.29, 1.82) is 0 Å². The third-order valence-corrected chi connectivity index (χ3v) is 8.23. The number of fused-ring (bicyclic) bond motifs is 2. The molecule has 0 spiro atoms. The summed E-state index contributed by atoms with van der Waals surface area (Å²) >= 11 is 0. The molecular weight excluding hydrogens is 628 g/mol. The van der Waals surface area contributed by atoms with E-state index in [-0.39, 0.29) is 47.3 Å². The highest BCUT2D eigenvalue weighted by Gasteiger charge is 2.33. The van der Waals surface area contributed by atoms with Crippen LogP contribution in [0.25, 0.3) is 0 Å². The van der Waals surface area contributed by atoms with Crippen molar-refractivity contribution in [2.24, 2.45) is 23.3 Å². The number of carbonyl (C=O) groups excluding carboxylic acids is 4. The number of methoxy groups -OCH3 is 2. The molecule has 1 aliphatic carbocycles. The number of halogens is 1. The van der Waals surface area contributed by atoms with Gasteiger partial charge in [-0.05, 0) is 57.6 Å². The molecule has 47 heavy (non-hydrogen) atoms. The predicted molar refractivity (Wildman–Crippen MR) is 182 cm³/mol. The summed E-state index contributed by atoms with van der Waals surface area (Å²) in [4.78, 5) is 52.0. The normalized spacial score (nSPS) is 29.4. The van der Waals surface area contributed by atoms with Gasteiger partial charge < -0.3 is 41.4 Å².